The summed E-state index contributed by atoms with van der Waals surface area (Å²) in [4.78, 5) is 5.36. The van der Waals surface area contributed by atoms with Crippen LogP contribution in [0.5, 0.6) is 0 Å². The van der Waals surface area contributed by atoms with Gasteiger partial charge in [0.15, 0.2) is 5.52 Å². The summed E-state index contributed by atoms with van der Waals surface area (Å²) < 4.78 is 11.2. The summed E-state index contributed by atoms with van der Waals surface area (Å²) >= 11 is 0. The van der Waals surface area contributed by atoms with Crippen molar-refractivity contribution >= 4 is 33.1 Å². The van der Waals surface area contributed by atoms with E-state index < -0.39 is 0 Å². The molecule has 4 nitrogen and oxygen atoms in total. The molecule has 0 radical (unpaired) electrons. The number of nitrogens with zero attached hydrogens (tertiary/aromatic N) is 3. The summed E-state index contributed by atoms with van der Waals surface area (Å²) in [5.74, 6) is 1.49. The quantitative estimate of drug-likeness (QED) is 0.200. The smallest absolute Gasteiger partial charge is 0.314 e. The molecule has 0 atom stereocenters. The number of hydrogen-bond donors (Lipinski definition) is 0. The minimum Gasteiger partial charge on any atom is -0.455 e. The zero-order valence-electron chi connectivity index (χ0n) is 25.1. The van der Waals surface area contributed by atoms with Crippen molar-refractivity contribution in [1.82, 2.24) is 9.55 Å². The average Bonchev–Trinajstić information content (AvgIpc) is 3.55. The van der Waals surface area contributed by atoms with Gasteiger partial charge < -0.3 is 4.42 Å². The lowest BCUT2D eigenvalue weighted by Gasteiger charge is -2.20. The van der Waals surface area contributed by atoms with Gasteiger partial charge in [0.25, 0.3) is 0 Å². The van der Waals surface area contributed by atoms with Gasteiger partial charge >= 0.3 is 5.65 Å². The van der Waals surface area contributed by atoms with Crippen molar-refractivity contribution in [3.05, 3.63) is 114 Å². The van der Waals surface area contributed by atoms with E-state index in [2.05, 4.69) is 136 Å². The van der Waals surface area contributed by atoms with Gasteiger partial charge in [-0.3, -0.25) is 0 Å². The second kappa shape index (κ2) is 9.99. The first-order valence-corrected chi connectivity index (χ1v) is 14.8. The Morgan fingerprint density at radius 3 is 2.12 bits per heavy atom. The first kappa shape index (κ1) is 26.2. The molecule has 0 bridgehead atoms. The first-order valence-electron chi connectivity index (χ1n) is 14.8. The molecule has 42 heavy (non-hydrogen) atoms. The number of rotatable bonds is 5. The summed E-state index contributed by atoms with van der Waals surface area (Å²) in [6, 6.07) is 32.4. The molecule has 0 N–H and O–H groups in total. The molecule has 0 saturated heterocycles. The van der Waals surface area contributed by atoms with Crippen molar-refractivity contribution in [2.45, 2.75) is 46.5 Å². The number of para-hydroxylation sites is 2. The number of pyridine rings is 1. The van der Waals surface area contributed by atoms with Crippen molar-refractivity contribution in [3.8, 4) is 28.2 Å². The zero-order chi connectivity index (χ0) is 29.1. The molecule has 0 fully saturated rings. The van der Waals surface area contributed by atoms with Crippen LogP contribution in [0.25, 0.3) is 61.3 Å². The maximum atomic E-state index is 6.55. The third-order valence-corrected chi connectivity index (χ3v) is 8.36. The van der Waals surface area contributed by atoms with Gasteiger partial charge in [0.1, 0.15) is 16.9 Å². The highest BCUT2D eigenvalue weighted by molar-refractivity contribution is 6.09. The van der Waals surface area contributed by atoms with E-state index >= 15 is 0 Å². The summed E-state index contributed by atoms with van der Waals surface area (Å²) in [6.45, 7) is 11.3. The lowest BCUT2D eigenvalue weighted by Crippen LogP contribution is -2.31. The Kier molecular flexibility index (Phi) is 6.23. The molecule has 0 unspecified atom stereocenters. The second-order valence-corrected chi connectivity index (χ2v) is 12.1. The molecule has 0 amide bonds. The maximum Gasteiger partial charge on any atom is 0.314 e. The molecule has 3 aromatic heterocycles. The lowest BCUT2D eigenvalue weighted by atomic mass is 9.88. The van der Waals surface area contributed by atoms with E-state index in [-0.39, 0.29) is 0 Å². The van der Waals surface area contributed by atoms with Gasteiger partial charge in [-0.15, -0.1) is 0 Å². The van der Waals surface area contributed by atoms with E-state index in [0.29, 0.717) is 11.8 Å². The van der Waals surface area contributed by atoms with Crippen LogP contribution in [0.15, 0.2) is 102 Å². The van der Waals surface area contributed by atoms with E-state index in [4.69, 9.17) is 9.40 Å². The fourth-order valence-electron chi connectivity index (χ4n) is 6.42. The minimum atomic E-state index is 0.296. The highest BCUT2D eigenvalue weighted by atomic mass is 16.3. The van der Waals surface area contributed by atoms with Crippen LogP contribution in [-0.2, 0) is 7.05 Å². The van der Waals surface area contributed by atoms with Crippen LogP contribution in [0.1, 0.15) is 56.2 Å². The molecule has 0 aliphatic heterocycles. The van der Waals surface area contributed by atoms with Crippen LogP contribution < -0.4 is 4.57 Å². The van der Waals surface area contributed by atoms with Gasteiger partial charge in [-0.1, -0.05) is 88.4 Å². The molecule has 208 valence electrons. The second-order valence-electron chi connectivity index (χ2n) is 12.1. The predicted octanol–water partition coefficient (Wildman–Crippen LogP) is 9.64. The third kappa shape index (κ3) is 4.13. The molecular weight excluding hydrogens is 514 g/mol. The Hall–Kier alpha value is -4.70. The highest BCUT2D eigenvalue weighted by Crippen LogP contribution is 2.42. The Morgan fingerprint density at radius 2 is 1.40 bits per heavy atom. The van der Waals surface area contributed by atoms with E-state index in [1.165, 1.54) is 33.5 Å². The number of benzene rings is 4. The Balaban J connectivity index is 1.63. The van der Waals surface area contributed by atoms with Gasteiger partial charge in [-0.2, -0.15) is 4.57 Å². The van der Waals surface area contributed by atoms with Crippen LogP contribution in [0.3, 0.4) is 0 Å². The number of aromatic nitrogens is 3. The minimum absolute atomic E-state index is 0.296. The molecule has 0 aliphatic rings. The zero-order valence-corrected chi connectivity index (χ0v) is 25.1. The normalized spacial score (nSPS) is 12.0. The fraction of sp³-hybridized carbons (Fsp3) is 0.211. The number of furan rings is 1. The third-order valence-electron chi connectivity index (χ3n) is 8.36. The summed E-state index contributed by atoms with van der Waals surface area (Å²) in [7, 11) is 2.13. The molecule has 0 saturated carbocycles. The van der Waals surface area contributed by atoms with Crippen molar-refractivity contribution in [3.63, 3.8) is 0 Å². The van der Waals surface area contributed by atoms with Crippen LogP contribution in [0, 0.1) is 6.92 Å². The summed E-state index contributed by atoms with van der Waals surface area (Å²) in [6.07, 6.45) is 2.19. The molecule has 3 heterocycles. The number of aryl methyl sites for hydroxylation is 2. The molecule has 0 spiro atoms. The largest absolute Gasteiger partial charge is 0.455 e. The topological polar surface area (TPSA) is 34.8 Å². The molecular formula is C38H36N3O+. The van der Waals surface area contributed by atoms with Crippen LogP contribution >= 0.6 is 0 Å². The number of fused-ring (bicyclic) bond motifs is 4. The summed E-state index contributed by atoms with van der Waals surface area (Å²) in [5, 5.41) is 2.23. The van der Waals surface area contributed by atoms with E-state index in [9.17, 15) is 0 Å². The van der Waals surface area contributed by atoms with Crippen LogP contribution in [-0.4, -0.2) is 9.55 Å². The molecule has 7 rings (SSSR count). The Morgan fingerprint density at radius 1 is 0.738 bits per heavy atom. The average molecular weight is 551 g/mol. The van der Waals surface area contributed by atoms with Crippen molar-refractivity contribution in [2.75, 3.05) is 0 Å². The molecule has 0 aliphatic carbocycles. The van der Waals surface area contributed by atoms with E-state index in [0.717, 1.165) is 44.5 Å². The molecule has 7 aromatic rings. The van der Waals surface area contributed by atoms with E-state index in [1.54, 1.807) is 0 Å². The van der Waals surface area contributed by atoms with Crippen molar-refractivity contribution in [2.24, 2.45) is 7.05 Å². The van der Waals surface area contributed by atoms with Crippen LogP contribution in [0.4, 0.5) is 0 Å². The number of imidazole rings is 1. The molecule has 4 heteroatoms. The van der Waals surface area contributed by atoms with Gasteiger partial charge in [0.05, 0.1) is 18.8 Å². The van der Waals surface area contributed by atoms with Crippen LogP contribution in [0.2, 0.25) is 0 Å². The number of hydrogen-bond acceptors (Lipinski definition) is 2. The SMILES string of the molecule is Cc1cc2nc(-c3cccc4c3oc3ccccc34)n(-c3c(C(C)C)cc(-c4ccccc4)cc3C(C)C)c2[n+](C)c1. The van der Waals surface area contributed by atoms with Crippen molar-refractivity contribution in [1.29, 1.82) is 0 Å². The summed E-state index contributed by atoms with van der Waals surface area (Å²) in [5.41, 5.74) is 12.3. The fourth-order valence-corrected chi connectivity index (χ4v) is 6.42. The van der Waals surface area contributed by atoms with Crippen molar-refractivity contribution < 1.29 is 8.98 Å². The standard InChI is InChI=1S/C38H36N3O/c1-23(2)31-20-27(26-13-8-7-9-14-26)21-32(24(3)4)35(31)41-37(39-33-19-25(5)22-40(6)38(33)41)30-17-12-16-29-28-15-10-11-18-34(28)42-36(29)30/h7-24H,1-6H3/q+1. The highest BCUT2D eigenvalue weighted by Gasteiger charge is 2.32. The maximum absolute atomic E-state index is 6.55. The Labute approximate surface area is 246 Å². The van der Waals surface area contributed by atoms with Gasteiger partial charge in [0.2, 0.25) is 5.82 Å². The lowest BCUT2D eigenvalue weighted by molar-refractivity contribution is -0.647. The van der Waals surface area contributed by atoms with Gasteiger partial charge in [0, 0.05) is 21.9 Å². The monoisotopic (exact) mass is 550 g/mol. The molecule has 4 aromatic carbocycles. The Bertz CT molecular complexity index is 2080. The van der Waals surface area contributed by atoms with Gasteiger partial charge in [-0.25, -0.2) is 9.55 Å². The predicted molar refractivity (Wildman–Crippen MR) is 173 cm³/mol. The van der Waals surface area contributed by atoms with E-state index in [1.807, 2.05) is 12.1 Å². The van der Waals surface area contributed by atoms with Gasteiger partial charge in [-0.05, 0) is 65.8 Å². The first-order chi connectivity index (χ1) is 20.3.